The van der Waals surface area contributed by atoms with Gasteiger partial charge < -0.3 is 14.9 Å². The standard InChI is InChI=1S/C15H15NO3/c1-19-14-7-3-5-12(15(14)18)9-16-13-6-2-4-11(8-13)10-17/h2-9,17-18H,10H2,1H3. The molecule has 0 aliphatic carbocycles. The first kappa shape index (κ1) is 13.1. The fraction of sp³-hybridized carbons (Fsp3) is 0.133. The lowest BCUT2D eigenvalue weighted by Gasteiger charge is -2.05. The highest BCUT2D eigenvalue weighted by Gasteiger charge is 2.04. The summed E-state index contributed by atoms with van der Waals surface area (Å²) < 4.78 is 5.03. The molecule has 0 unspecified atom stereocenters. The molecule has 4 heteroatoms. The highest BCUT2D eigenvalue weighted by atomic mass is 16.5. The van der Waals surface area contributed by atoms with Crippen molar-refractivity contribution in [2.75, 3.05) is 7.11 Å². The lowest BCUT2D eigenvalue weighted by atomic mass is 10.2. The summed E-state index contributed by atoms with van der Waals surface area (Å²) in [6, 6.07) is 12.5. The second kappa shape index (κ2) is 6.02. The van der Waals surface area contributed by atoms with E-state index in [1.54, 1.807) is 30.5 Å². The van der Waals surface area contributed by atoms with E-state index in [-0.39, 0.29) is 12.4 Å². The van der Waals surface area contributed by atoms with Gasteiger partial charge in [-0.15, -0.1) is 0 Å². The maximum atomic E-state index is 9.91. The van der Waals surface area contributed by atoms with Crippen molar-refractivity contribution in [1.82, 2.24) is 0 Å². The second-order valence-corrected chi connectivity index (χ2v) is 3.98. The van der Waals surface area contributed by atoms with Gasteiger partial charge in [0, 0.05) is 11.8 Å². The van der Waals surface area contributed by atoms with Crippen LogP contribution >= 0.6 is 0 Å². The van der Waals surface area contributed by atoms with Crippen LogP contribution in [0.5, 0.6) is 11.5 Å². The Bertz CT molecular complexity index is 594. The molecule has 2 aromatic rings. The van der Waals surface area contributed by atoms with E-state index in [2.05, 4.69) is 4.99 Å². The molecule has 0 spiro atoms. The monoisotopic (exact) mass is 257 g/mol. The Morgan fingerprint density at radius 3 is 2.74 bits per heavy atom. The van der Waals surface area contributed by atoms with Gasteiger partial charge in [0.2, 0.25) is 0 Å². The Kier molecular flexibility index (Phi) is 4.15. The van der Waals surface area contributed by atoms with Crippen LogP contribution in [0.4, 0.5) is 5.69 Å². The van der Waals surface area contributed by atoms with Gasteiger partial charge in [0.15, 0.2) is 11.5 Å². The number of rotatable bonds is 4. The van der Waals surface area contributed by atoms with Gasteiger partial charge in [-0.1, -0.05) is 18.2 Å². The van der Waals surface area contributed by atoms with Crippen molar-refractivity contribution in [3.05, 3.63) is 53.6 Å². The summed E-state index contributed by atoms with van der Waals surface area (Å²) in [6.07, 6.45) is 1.56. The molecule has 19 heavy (non-hydrogen) atoms. The average Bonchev–Trinajstić information content (AvgIpc) is 2.46. The maximum Gasteiger partial charge on any atom is 0.166 e. The Hall–Kier alpha value is -2.33. The van der Waals surface area contributed by atoms with E-state index in [0.29, 0.717) is 17.0 Å². The third-order valence-electron chi connectivity index (χ3n) is 2.70. The summed E-state index contributed by atoms with van der Waals surface area (Å²) in [5, 5.41) is 19.0. The van der Waals surface area contributed by atoms with E-state index >= 15 is 0 Å². The Morgan fingerprint density at radius 1 is 1.21 bits per heavy atom. The quantitative estimate of drug-likeness (QED) is 0.828. The number of aromatic hydroxyl groups is 1. The van der Waals surface area contributed by atoms with Crippen LogP contribution in [0.1, 0.15) is 11.1 Å². The molecule has 2 aromatic carbocycles. The molecule has 2 rings (SSSR count). The minimum atomic E-state index is -0.0201. The van der Waals surface area contributed by atoms with E-state index in [9.17, 15) is 5.11 Å². The number of ether oxygens (including phenoxy) is 1. The van der Waals surface area contributed by atoms with Crippen molar-refractivity contribution in [3.8, 4) is 11.5 Å². The van der Waals surface area contributed by atoms with Crippen LogP contribution in [0.2, 0.25) is 0 Å². The molecular weight excluding hydrogens is 242 g/mol. The zero-order valence-electron chi connectivity index (χ0n) is 10.6. The average molecular weight is 257 g/mol. The molecule has 2 N–H and O–H groups in total. The van der Waals surface area contributed by atoms with Crippen molar-refractivity contribution < 1.29 is 14.9 Å². The van der Waals surface area contributed by atoms with Crippen LogP contribution in [0.15, 0.2) is 47.5 Å². The highest BCUT2D eigenvalue weighted by Crippen LogP contribution is 2.28. The van der Waals surface area contributed by atoms with Crippen LogP contribution in [0, 0.1) is 0 Å². The molecule has 0 heterocycles. The van der Waals surface area contributed by atoms with Crippen LogP contribution in [0.3, 0.4) is 0 Å². The molecule has 0 amide bonds. The zero-order valence-corrected chi connectivity index (χ0v) is 10.6. The van der Waals surface area contributed by atoms with Gasteiger partial charge in [-0.3, -0.25) is 4.99 Å². The first-order chi connectivity index (χ1) is 9.24. The first-order valence-electron chi connectivity index (χ1n) is 5.84. The number of benzene rings is 2. The number of phenolic OH excluding ortho intramolecular Hbond substituents is 1. The van der Waals surface area contributed by atoms with Gasteiger partial charge >= 0.3 is 0 Å². The summed E-state index contributed by atoms with van der Waals surface area (Å²) in [6.45, 7) is -0.0201. The molecule has 0 fully saturated rings. The van der Waals surface area contributed by atoms with E-state index in [4.69, 9.17) is 9.84 Å². The summed E-state index contributed by atoms with van der Waals surface area (Å²) in [4.78, 5) is 4.27. The van der Waals surface area contributed by atoms with Crippen LogP contribution in [-0.2, 0) is 6.61 Å². The van der Waals surface area contributed by atoms with E-state index < -0.39 is 0 Å². The van der Waals surface area contributed by atoms with Crippen molar-refractivity contribution in [3.63, 3.8) is 0 Å². The normalized spacial score (nSPS) is 10.8. The maximum absolute atomic E-state index is 9.91. The molecule has 0 aromatic heterocycles. The summed E-state index contributed by atoms with van der Waals surface area (Å²) in [5.41, 5.74) is 2.09. The number of aliphatic hydroxyl groups is 1. The third-order valence-corrected chi connectivity index (χ3v) is 2.70. The Labute approximate surface area is 111 Å². The minimum Gasteiger partial charge on any atom is -0.504 e. The predicted molar refractivity (Wildman–Crippen MR) is 74.3 cm³/mol. The number of phenols is 1. The number of methoxy groups -OCH3 is 1. The van der Waals surface area contributed by atoms with Crippen molar-refractivity contribution in [1.29, 1.82) is 0 Å². The number of para-hydroxylation sites is 1. The topological polar surface area (TPSA) is 62.0 Å². The van der Waals surface area contributed by atoms with E-state index in [1.165, 1.54) is 7.11 Å². The van der Waals surface area contributed by atoms with Crippen molar-refractivity contribution in [2.45, 2.75) is 6.61 Å². The summed E-state index contributed by atoms with van der Waals surface area (Å²) in [5.74, 6) is 0.472. The van der Waals surface area contributed by atoms with Crippen molar-refractivity contribution >= 4 is 11.9 Å². The molecule has 0 aliphatic rings. The van der Waals surface area contributed by atoms with Crippen LogP contribution < -0.4 is 4.74 Å². The number of hydrogen-bond donors (Lipinski definition) is 2. The number of aliphatic imine (C=N–C) groups is 1. The van der Waals surface area contributed by atoms with Gasteiger partial charge in [0.25, 0.3) is 0 Å². The smallest absolute Gasteiger partial charge is 0.166 e. The molecule has 0 saturated carbocycles. The molecule has 0 aliphatic heterocycles. The van der Waals surface area contributed by atoms with E-state index in [1.807, 2.05) is 18.2 Å². The largest absolute Gasteiger partial charge is 0.504 e. The molecule has 0 atom stereocenters. The molecule has 0 radical (unpaired) electrons. The predicted octanol–water partition coefficient (Wildman–Crippen LogP) is 2.64. The van der Waals surface area contributed by atoms with Gasteiger partial charge in [-0.2, -0.15) is 0 Å². The lowest BCUT2D eigenvalue weighted by Crippen LogP contribution is -1.88. The number of aliphatic hydroxyl groups excluding tert-OH is 1. The van der Waals surface area contributed by atoms with Crippen LogP contribution in [-0.4, -0.2) is 23.5 Å². The molecule has 4 nitrogen and oxygen atoms in total. The SMILES string of the molecule is COc1cccc(C=Nc2cccc(CO)c2)c1O. The molecular formula is C15H15NO3. The van der Waals surface area contributed by atoms with Crippen LogP contribution in [0.25, 0.3) is 0 Å². The van der Waals surface area contributed by atoms with Gasteiger partial charge in [-0.25, -0.2) is 0 Å². The Morgan fingerprint density at radius 2 is 2.00 bits per heavy atom. The lowest BCUT2D eigenvalue weighted by molar-refractivity contribution is 0.282. The summed E-state index contributed by atoms with van der Waals surface area (Å²) >= 11 is 0. The molecule has 98 valence electrons. The van der Waals surface area contributed by atoms with Gasteiger partial charge in [0.05, 0.1) is 19.4 Å². The Balaban J connectivity index is 2.27. The summed E-state index contributed by atoms with van der Waals surface area (Å²) in [7, 11) is 1.50. The van der Waals surface area contributed by atoms with Gasteiger partial charge in [-0.05, 0) is 29.8 Å². The zero-order chi connectivity index (χ0) is 13.7. The third kappa shape index (κ3) is 3.11. The fourth-order valence-electron chi connectivity index (χ4n) is 1.69. The fourth-order valence-corrected chi connectivity index (χ4v) is 1.69. The highest BCUT2D eigenvalue weighted by molar-refractivity contribution is 5.86. The number of hydrogen-bond acceptors (Lipinski definition) is 4. The van der Waals surface area contributed by atoms with E-state index in [0.717, 1.165) is 5.56 Å². The van der Waals surface area contributed by atoms with Gasteiger partial charge in [0.1, 0.15) is 0 Å². The minimum absolute atomic E-state index is 0.0201. The molecule has 0 bridgehead atoms. The second-order valence-electron chi connectivity index (χ2n) is 3.98. The molecule has 0 saturated heterocycles. The first-order valence-corrected chi connectivity index (χ1v) is 5.84. The van der Waals surface area contributed by atoms with Crippen molar-refractivity contribution in [2.24, 2.45) is 4.99 Å². The number of nitrogens with zero attached hydrogens (tertiary/aromatic N) is 1.